The quantitative estimate of drug-likeness (QED) is 0.780. The highest BCUT2D eigenvalue weighted by molar-refractivity contribution is 9.10. The SMILES string of the molecule is COCCN(CC(=O)O)c1cc(Br)ccc1C(N)=O. The van der Waals surface area contributed by atoms with Gasteiger partial charge in [-0.2, -0.15) is 0 Å². The van der Waals surface area contributed by atoms with Crippen LogP contribution < -0.4 is 10.6 Å². The molecular formula is C12H15BrN2O4. The van der Waals surface area contributed by atoms with Crippen molar-refractivity contribution in [1.82, 2.24) is 0 Å². The number of hydrogen-bond acceptors (Lipinski definition) is 4. The molecule has 7 heteroatoms. The summed E-state index contributed by atoms with van der Waals surface area (Å²) in [7, 11) is 1.52. The minimum atomic E-state index is -0.994. The van der Waals surface area contributed by atoms with Crippen LogP contribution in [0.2, 0.25) is 0 Å². The number of benzene rings is 1. The van der Waals surface area contributed by atoms with Gasteiger partial charge in [-0.1, -0.05) is 15.9 Å². The molecule has 3 N–H and O–H groups in total. The molecule has 0 unspecified atom stereocenters. The molecule has 0 bridgehead atoms. The van der Waals surface area contributed by atoms with Crippen molar-refractivity contribution in [2.75, 3.05) is 31.7 Å². The van der Waals surface area contributed by atoms with Crippen LogP contribution in [-0.2, 0) is 9.53 Å². The van der Waals surface area contributed by atoms with E-state index in [9.17, 15) is 9.59 Å². The molecule has 1 rings (SSSR count). The second-order valence-electron chi connectivity index (χ2n) is 3.83. The zero-order chi connectivity index (χ0) is 14.4. The van der Waals surface area contributed by atoms with E-state index in [2.05, 4.69) is 15.9 Å². The van der Waals surface area contributed by atoms with Crippen LogP contribution in [0.4, 0.5) is 5.69 Å². The van der Waals surface area contributed by atoms with E-state index in [1.54, 1.807) is 18.2 Å². The van der Waals surface area contributed by atoms with Crippen LogP contribution >= 0.6 is 15.9 Å². The van der Waals surface area contributed by atoms with E-state index in [1.165, 1.54) is 12.0 Å². The molecule has 104 valence electrons. The molecule has 1 aromatic carbocycles. The van der Waals surface area contributed by atoms with Crippen LogP contribution in [0.25, 0.3) is 0 Å². The highest BCUT2D eigenvalue weighted by atomic mass is 79.9. The third-order valence-corrected chi connectivity index (χ3v) is 2.95. The number of aliphatic carboxylic acids is 1. The molecule has 0 heterocycles. The van der Waals surface area contributed by atoms with Gasteiger partial charge in [0, 0.05) is 18.1 Å². The minimum absolute atomic E-state index is 0.236. The maximum Gasteiger partial charge on any atom is 0.323 e. The molecule has 1 aromatic rings. The first-order chi connectivity index (χ1) is 8.95. The molecule has 0 fully saturated rings. The molecule has 0 radical (unpaired) electrons. The van der Waals surface area contributed by atoms with Gasteiger partial charge in [-0.15, -0.1) is 0 Å². The van der Waals surface area contributed by atoms with E-state index in [4.69, 9.17) is 15.6 Å². The van der Waals surface area contributed by atoms with E-state index in [1.807, 2.05) is 0 Å². The van der Waals surface area contributed by atoms with Crippen molar-refractivity contribution in [2.45, 2.75) is 0 Å². The predicted octanol–water partition coefficient (Wildman–Crippen LogP) is 1.09. The Kier molecular flexibility index (Phi) is 5.78. The van der Waals surface area contributed by atoms with Gasteiger partial charge in [-0.25, -0.2) is 0 Å². The smallest absolute Gasteiger partial charge is 0.323 e. The maximum absolute atomic E-state index is 11.4. The third kappa shape index (κ3) is 4.53. The first kappa shape index (κ1) is 15.5. The highest BCUT2D eigenvalue weighted by Gasteiger charge is 2.17. The van der Waals surface area contributed by atoms with Crippen LogP contribution in [0.3, 0.4) is 0 Å². The fourth-order valence-corrected chi connectivity index (χ4v) is 1.97. The van der Waals surface area contributed by atoms with Crippen LogP contribution in [0.1, 0.15) is 10.4 Å². The summed E-state index contributed by atoms with van der Waals surface area (Å²) in [5, 5.41) is 8.93. The van der Waals surface area contributed by atoms with Gasteiger partial charge in [-0.3, -0.25) is 9.59 Å². The van der Waals surface area contributed by atoms with E-state index >= 15 is 0 Å². The van der Waals surface area contributed by atoms with Crippen molar-refractivity contribution in [1.29, 1.82) is 0 Å². The number of carbonyl (C=O) groups excluding carboxylic acids is 1. The summed E-state index contributed by atoms with van der Waals surface area (Å²) in [6.45, 7) is 0.456. The topological polar surface area (TPSA) is 92.9 Å². The number of nitrogens with two attached hydrogens (primary N) is 1. The number of methoxy groups -OCH3 is 1. The number of primary amides is 1. The molecule has 19 heavy (non-hydrogen) atoms. The van der Waals surface area contributed by atoms with E-state index < -0.39 is 11.9 Å². The number of amides is 1. The summed E-state index contributed by atoms with van der Waals surface area (Å²) in [4.78, 5) is 23.8. The summed E-state index contributed by atoms with van der Waals surface area (Å²) >= 11 is 3.29. The largest absolute Gasteiger partial charge is 0.480 e. The average Bonchev–Trinajstić information content (AvgIpc) is 2.33. The number of ether oxygens (including phenoxy) is 1. The number of nitrogens with zero attached hydrogens (tertiary/aromatic N) is 1. The molecule has 0 atom stereocenters. The Morgan fingerprint density at radius 2 is 2.16 bits per heavy atom. The fourth-order valence-electron chi connectivity index (χ4n) is 1.62. The summed E-state index contributed by atoms with van der Waals surface area (Å²) < 4.78 is 5.68. The standard InChI is InChI=1S/C12H15BrN2O4/c1-19-5-4-15(7-11(16)17)10-6-8(13)2-3-9(10)12(14)18/h2-3,6H,4-5,7H2,1H3,(H2,14,18)(H,16,17). The average molecular weight is 331 g/mol. The molecule has 0 spiro atoms. The zero-order valence-corrected chi connectivity index (χ0v) is 12.0. The molecular weight excluding hydrogens is 316 g/mol. The predicted molar refractivity (Wildman–Crippen MR) is 74.4 cm³/mol. The number of halogens is 1. The number of anilines is 1. The van der Waals surface area contributed by atoms with Crippen LogP contribution in [-0.4, -0.2) is 43.8 Å². The van der Waals surface area contributed by atoms with E-state index in [0.29, 0.717) is 18.8 Å². The summed E-state index contributed by atoms with van der Waals surface area (Å²) in [6, 6.07) is 4.90. The monoisotopic (exact) mass is 330 g/mol. The van der Waals surface area contributed by atoms with Crippen molar-refractivity contribution < 1.29 is 19.4 Å². The molecule has 0 aliphatic heterocycles. The van der Waals surface area contributed by atoms with Crippen LogP contribution in [0, 0.1) is 0 Å². The third-order valence-electron chi connectivity index (χ3n) is 2.46. The Hall–Kier alpha value is -1.60. The number of carbonyl (C=O) groups is 2. The van der Waals surface area contributed by atoms with Gasteiger partial charge >= 0.3 is 5.97 Å². The van der Waals surface area contributed by atoms with Gasteiger partial charge in [0.1, 0.15) is 6.54 Å². The Bertz CT molecular complexity index is 479. The number of carboxylic acids is 1. The van der Waals surface area contributed by atoms with Gasteiger partial charge in [0.05, 0.1) is 17.9 Å². The minimum Gasteiger partial charge on any atom is -0.480 e. The van der Waals surface area contributed by atoms with E-state index in [-0.39, 0.29) is 12.1 Å². The lowest BCUT2D eigenvalue weighted by atomic mass is 10.1. The summed E-state index contributed by atoms with van der Waals surface area (Å²) in [6.07, 6.45) is 0. The number of rotatable bonds is 7. The first-order valence-electron chi connectivity index (χ1n) is 5.50. The molecule has 6 nitrogen and oxygen atoms in total. The first-order valence-corrected chi connectivity index (χ1v) is 6.30. The van der Waals surface area contributed by atoms with Crippen LogP contribution in [0.15, 0.2) is 22.7 Å². The second kappa shape index (κ2) is 7.10. The molecule has 0 aliphatic rings. The van der Waals surface area contributed by atoms with Crippen molar-refractivity contribution in [3.05, 3.63) is 28.2 Å². The fraction of sp³-hybridized carbons (Fsp3) is 0.333. The number of carboxylic acid groups (broad SMARTS) is 1. The molecule has 0 aromatic heterocycles. The Balaban J connectivity index is 3.14. The molecule has 0 saturated heterocycles. The van der Waals surface area contributed by atoms with Gasteiger partial charge in [-0.05, 0) is 18.2 Å². The van der Waals surface area contributed by atoms with Gasteiger partial charge in [0.25, 0.3) is 5.91 Å². The van der Waals surface area contributed by atoms with E-state index in [0.717, 1.165) is 4.47 Å². The van der Waals surface area contributed by atoms with Crippen molar-refractivity contribution >= 4 is 33.5 Å². The Morgan fingerprint density at radius 3 is 2.68 bits per heavy atom. The lowest BCUT2D eigenvalue weighted by molar-refractivity contribution is -0.135. The number of hydrogen-bond donors (Lipinski definition) is 2. The van der Waals surface area contributed by atoms with Gasteiger partial charge in [0.15, 0.2) is 0 Å². The summed E-state index contributed by atoms with van der Waals surface area (Å²) in [5.74, 6) is -1.60. The van der Waals surface area contributed by atoms with Gasteiger partial charge < -0.3 is 20.5 Å². The second-order valence-corrected chi connectivity index (χ2v) is 4.75. The van der Waals surface area contributed by atoms with Crippen LogP contribution in [0.5, 0.6) is 0 Å². The molecule has 0 saturated carbocycles. The van der Waals surface area contributed by atoms with Gasteiger partial charge in [0.2, 0.25) is 0 Å². The maximum atomic E-state index is 11.4. The molecule has 0 aliphatic carbocycles. The zero-order valence-electron chi connectivity index (χ0n) is 10.4. The van der Waals surface area contributed by atoms with Crippen molar-refractivity contribution in [2.24, 2.45) is 5.73 Å². The lowest BCUT2D eigenvalue weighted by Crippen LogP contribution is -2.34. The summed E-state index contributed by atoms with van der Waals surface area (Å²) in [5.41, 5.74) is 6.05. The highest BCUT2D eigenvalue weighted by Crippen LogP contribution is 2.25. The van der Waals surface area contributed by atoms with Crippen molar-refractivity contribution in [3.8, 4) is 0 Å². The van der Waals surface area contributed by atoms with Crippen molar-refractivity contribution in [3.63, 3.8) is 0 Å². The Morgan fingerprint density at radius 1 is 1.47 bits per heavy atom. The molecule has 1 amide bonds. The lowest BCUT2D eigenvalue weighted by Gasteiger charge is -2.24. The normalized spacial score (nSPS) is 10.2. The Labute approximate surface area is 119 Å².